The number of benzene rings is 2. The van der Waals surface area contributed by atoms with Crippen molar-refractivity contribution in [1.82, 2.24) is 4.31 Å². The van der Waals surface area contributed by atoms with Gasteiger partial charge in [0.15, 0.2) is 0 Å². The summed E-state index contributed by atoms with van der Waals surface area (Å²) >= 11 is 3.45. The van der Waals surface area contributed by atoms with Gasteiger partial charge >= 0.3 is 5.97 Å². The van der Waals surface area contributed by atoms with Crippen molar-refractivity contribution in [2.24, 2.45) is 0 Å². The maximum atomic E-state index is 13.6. The third-order valence-electron chi connectivity index (χ3n) is 5.33. The summed E-state index contributed by atoms with van der Waals surface area (Å²) < 4.78 is 40.3. The van der Waals surface area contributed by atoms with Crippen molar-refractivity contribution in [3.8, 4) is 5.75 Å². The van der Waals surface area contributed by atoms with E-state index in [4.69, 9.17) is 9.47 Å². The van der Waals surface area contributed by atoms with E-state index in [1.165, 1.54) is 11.4 Å². The Hall–Kier alpha value is -1.90. The van der Waals surface area contributed by atoms with Crippen LogP contribution in [0, 0.1) is 6.92 Å². The molecule has 0 aromatic heterocycles. The van der Waals surface area contributed by atoms with E-state index in [2.05, 4.69) is 15.9 Å². The van der Waals surface area contributed by atoms with Crippen molar-refractivity contribution < 1.29 is 22.7 Å². The Balaban J connectivity index is 1.83. The number of hydrogen-bond acceptors (Lipinski definition) is 5. The molecule has 2 bridgehead atoms. The maximum Gasteiger partial charge on any atom is 0.307 e. The largest absolute Gasteiger partial charge is 0.488 e. The van der Waals surface area contributed by atoms with Gasteiger partial charge in [-0.25, -0.2) is 8.42 Å². The van der Waals surface area contributed by atoms with Crippen LogP contribution in [0.4, 0.5) is 0 Å². The normalized spacial score (nSPS) is 23.8. The van der Waals surface area contributed by atoms with Crippen LogP contribution in [-0.2, 0) is 19.6 Å². The molecule has 3 atom stereocenters. The number of halogens is 1. The van der Waals surface area contributed by atoms with Crippen molar-refractivity contribution in [1.29, 1.82) is 0 Å². The number of ether oxygens (including phenoxy) is 2. The van der Waals surface area contributed by atoms with Crippen LogP contribution in [0.3, 0.4) is 0 Å². The van der Waals surface area contributed by atoms with E-state index in [0.29, 0.717) is 12.2 Å². The van der Waals surface area contributed by atoms with Gasteiger partial charge in [0.05, 0.1) is 30.5 Å². The first kappa shape index (κ1) is 19.4. The van der Waals surface area contributed by atoms with Crippen LogP contribution in [0.5, 0.6) is 5.75 Å². The van der Waals surface area contributed by atoms with Gasteiger partial charge in [-0.15, -0.1) is 0 Å². The Morgan fingerprint density at radius 3 is 2.64 bits per heavy atom. The highest BCUT2D eigenvalue weighted by Gasteiger charge is 2.53. The molecular formula is C20H20BrNO5S. The van der Waals surface area contributed by atoms with Crippen molar-refractivity contribution in [2.45, 2.75) is 42.8 Å². The number of methoxy groups -OCH3 is 1. The zero-order valence-corrected chi connectivity index (χ0v) is 17.9. The van der Waals surface area contributed by atoms with Crippen molar-refractivity contribution in [3.05, 3.63) is 58.1 Å². The van der Waals surface area contributed by atoms with Crippen molar-refractivity contribution >= 4 is 31.9 Å². The highest BCUT2D eigenvalue weighted by Crippen LogP contribution is 2.50. The second kappa shape index (κ2) is 7.17. The van der Waals surface area contributed by atoms with Gasteiger partial charge in [-0.1, -0.05) is 33.6 Å². The summed E-state index contributed by atoms with van der Waals surface area (Å²) in [4.78, 5) is 12.2. The van der Waals surface area contributed by atoms with Crippen LogP contribution in [0.15, 0.2) is 51.8 Å². The van der Waals surface area contributed by atoms with Crippen LogP contribution in [0.2, 0.25) is 0 Å². The fourth-order valence-electron chi connectivity index (χ4n) is 3.97. The molecule has 2 aliphatic heterocycles. The third-order valence-corrected chi connectivity index (χ3v) is 7.77. The zero-order valence-electron chi connectivity index (χ0n) is 15.5. The van der Waals surface area contributed by atoms with E-state index in [1.54, 1.807) is 24.3 Å². The highest BCUT2D eigenvalue weighted by molar-refractivity contribution is 9.10. The Morgan fingerprint density at radius 1 is 1.25 bits per heavy atom. The SMILES string of the molecule is COC(=O)CC1[C@H]2C[C@H](c3cc(Br)ccc3O2)N1S(=O)(=O)c1ccc(C)cc1. The summed E-state index contributed by atoms with van der Waals surface area (Å²) in [6.45, 7) is 1.90. The molecule has 0 aliphatic carbocycles. The molecule has 2 aromatic rings. The van der Waals surface area contributed by atoms with Gasteiger partial charge in [0.2, 0.25) is 10.0 Å². The van der Waals surface area contributed by atoms with Crippen molar-refractivity contribution in [2.75, 3.05) is 7.11 Å². The number of fused-ring (bicyclic) bond motifs is 4. The molecule has 0 spiro atoms. The monoisotopic (exact) mass is 465 g/mol. The Morgan fingerprint density at radius 2 is 1.96 bits per heavy atom. The van der Waals surface area contributed by atoms with E-state index in [-0.39, 0.29) is 11.3 Å². The molecule has 8 heteroatoms. The lowest BCUT2D eigenvalue weighted by molar-refractivity contribution is -0.142. The maximum absolute atomic E-state index is 13.6. The molecule has 1 saturated heterocycles. The molecule has 0 saturated carbocycles. The number of aryl methyl sites for hydroxylation is 1. The standard InChI is InChI=1S/C20H20BrNO5S/c1-12-3-6-14(7-4-12)28(24,25)22-16-10-19(17(22)11-20(23)26-2)27-18-8-5-13(21)9-15(16)18/h3-9,16-17,19H,10-11H2,1-2H3/t16-,17?,19-/m1/s1. The second-order valence-corrected chi connectivity index (χ2v) is 9.84. The molecule has 28 heavy (non-hydrogen) atoms. The summed E-state index contributed by atoms with van der Waals surface area (Å²) in [5.41, 5.74) is 1.77. The summed E-state index contributed by atoms with van der Waals surface area (Å²) in [6.07, 6.45) is 0.0340. The third kappa shape index (κ3) is 3.23. The van der Waals surface area contributed by atoms with Crippen LogP contribution in [0.1, 0.15) is 30.0 Å². The molecule has 1 fully saturated rings. The van der Waals surface area contributed by atoms with Crippen LogP contribution in [-0.4, -0.2) is 37.9 Å². The van der Waals surface area contributed by atoms with Gasteiger partial charge in [-0.05, 0) is 37.3 Å². The van der Waals surface area contributed by atoms with Gasteiger partial charge in [0, 0.05) is 16.5 Å². The van der Waals surface area contributed by atoms with E-state index in [9.17, 15) is 13.2 Å². The van der Waals surface area contributed by atoms with Gasteiger partial charge in [0.1, 0.15) is 11.9 Å². The number of rotatable bonds is 4. The van der Waals surface area contributed by atoms with Crippen LogP contribution < -0.4 is 4.74 Å². The molecule has 4 rings (SSSR count). The van der Waals surface area contributed by atoms with Gasteiger partial charge < -0.3 is 9.47 Å². The number of carbonyl (C=O) groups is 1. The minimum absolute atomic E-state index is 0.0576. The predicted molar refractivity (Wildman–Crippen MR) is 107 cm³/mol. The molecule has 6 nitrogen and oxygen atoms in total. The Bertz CT molecular complexity index is 1020. The summed E-state index contributed by atoms with van der Waals surface area (Å²) in [6, 6.07) is 11.3. The minimum Gasteiger partial charge on any atom is -0.488 e. The molecule has 2 aromatic carbocycles. The number of carbonyl (C=O) groups excluding carboxylic acids is 1. The molecule has 2 aliphatic rings. The minimum atomic E-state index is -3.84. The molecule has 2 heterocycles. The fourth-order valence-corrected chi connectivity index (χ4v) is 6.17. The predicted octanol–water partition coefficient (Wildman–Crippen LogP) is 3.59. The average molecular weight is 466 g/mol. The summed E-state index contributed by atoms with van der Waals surface area (Å²) in [5, 5.41) is 0. The topological polar surface area (TPSA) is 72.9 Å². The Labute approximate surface area is 172 Å². The van der Waals surface area contributed by atoms with E-state index < -0.39 is 34.2 Å². The molecule has 148 valence electrons. The lowest BCUT2D eigenvalue weighted by atomic mass is 9.99. The lowest BCUT2D eigenvalue weighted by Crippen LogP contribution is -2.42. The second-order valence-electron chi connectivity index (χ2n) is 7.09. The number of hydrogen-bond donors (Lipinski definition) is 0. The van der Waals surface area contributed by atoms with Gasteiger partial charge in [0.25, 0.3) is 0 Å². The first-order valence-corrected chi connectivity index (χ1v) is 11.2. The average Bonchev–Trinajstić information content (AvgIpc) is 2.96. The fraction of sp³-hybridized carbons (Fsp3) is 0.350. The van der Waals surface area contributed by atoms with E-state index in [0.717, 1.165) is 15.6 Å². The highest BCUT2D eigenvalue weighted by atomic mass is 79.9. The van der Waals surface area contributed by atoms with Gasteiger partial charge in [-0.3, -0.25) is 4.79 Å². The van der Waals surface area contributed by atoms with E-state index in [1.807, 2.05) is 25.1 Å². The lowest BCUT2D eigenvalue weighted by Gasteiger charge is -2.28. The molecule has 0 amide bonds. The van der Waals surface area contributed by atoms with Gasteiger partial charge in [-0.2, -0.15) is 4.31 Å². The quantitative estimate of drug-likeness (QED) is 0.645. The summed E-state index contributed by atoms with van der Waals surface area (Å²) in [7, 11) is -2.54. The molecule has 0 N–H and O–H groups in total. The van der Waals surface area contributed by atoms with Crippen LogP contribution in [0.25, 0.3) is 0 Å². The van der Waals surface area contributed by atoms with Crippen LogP contribution >= 0.6 is 15.9 Å². The Kier molecular flexibility index (Phi) is 4.97. The molecule has 1 unspecified atom stereocenters. The van der Waals surface area contributed by atoms with E-state index >= 15 is 0 Å². The summed E-state index contributed by atoms with van der Waals surface area (Å²) in [5.74, 6) is 0.191. The smallest absolute Gasteiger partial charge is 0.307 e. The first-order valence-electron chi connectivity index (χ1n) is 8.94. The number of esters is 1. The zero-order chi connectivity index (χ0) is 20.1. The first-order chi connectivity index (χ1) is 13.3. The number of nitrogens with zero attached hydrogens (tertiary/aromatic N) is 1. The van der Waals surface area contributed by atoms with Crippen molar-refractivity contribution in [3.63, 3.8) is 0 Å². The number of sulfonamides is 1. The molecule has 0 radical (unpaired) electrons. The molecular weight excluding hydrogens is 446 g/mol.